The fourth-order valence-electron chi connectivity index (χ4n) is 3.67. The Morgan fingerprint density at radius 3 is 3.08 bits per heavy atom. The van der Waals surface area contributed by atoms with Gasteiger partial charge in [0.15, 0.2) is 0 Å². The van der Waals surface area contributed by atoms with Gasteiger partial charge in [-0.3, -0.25) is 9.69 Å². The lowest BCUT2D eigenvalue weighted by molar-refractivity contribution is 0.00805. The number of aromatic amines is 1. The number of benzene rings is 1. The molecule has 3 heterocycles. The van der Waals surface area contributed by atoms with E-state index in [-0.39, 0.29) is 11.7 Å². The highest BCUT2D eigenvalue weighted by molar-refractivity contribution is 6.00. The lowest BCUT2D eigenvalue weighted by Crippen LogP contribution is -2.51. The van der Waals surface area contributed by atoms with Crippen LogP contribution in [0.25, 0.3) is 16.3 Å². The molecule has 126 valence electrons. The van der Waals surface area contributed by atoms with Crippen molar-refractivity contribution in [2.24, 2.45) is 0 Å². The fourth-order valence-corrected chi connectivity index (χ4v) is 3.67. The zero-order valence-electron chi connectivity index (χ0n) is 13.5. The molecule has 0 amide bonds. The maximum atomic E-state index is 12.1. The molecule has 0 radical (unpaired) electrons. The number of hydrogen-bond acceptors (Lipinski definition) is 5. The minimum absolute atomic E-state index is 0.206. The van der Waals surface area contributed by atoms with E-state index in [0.717, 1.165) is 35.4 Å². The van der Waals surface area contributed by atoms with Gasteiger partial charge in [0, 0.05) is 25.2 Å². The number of nitrogens with one attached hydrogen (secondary N) is 1. The summed E-state index contributed by atoms with van der Waals surface area (Å²) in [5.41, 5.74) is 2.66. The van der Waals surface area contributed by atoms with Crippen molar-refractivity contribution in [3.05, 3.63) is 63.8 Å². The zero-order chi connectivity index (χ0) is 17.0. The Morgan fingerprint density at radius 2 is 2.24 bits per heavy atom. The number of H-pyrrole nitrogens is 1. The molecule has 2 aromatic rings. The van der Waals surface area contributed by atoms with E-state index in [1.807, 2.05) is 18.2 Å². The summed E-state index contributed by atoms with van der Waals surface area (Å²) in [7, 11) is 0. The van der Waals surface area contributed by atoms with E-state index in [1.165, 1.54) is 5.57 Å². The molecule has 5 rings (SSSR count). The second-order valence-corrected chi connectivity index (χ2v) is 6.72. The highest BCUT2D eigenvalue weighted by atomic mass is 16.5. The van der Waals surface area contributed by atoms with Crippen molar-refractivity contribution in [2.75, 3.05) is 19.6 Å². The molecule has 6 heteroatoms. The fraction of sp³-hybridized carbons (Fsp3) is 0.263. The van der Waals surface area contributed by atoms with Crippen LogP contribution < -0.4 is 10.3 Å². The second-order valence-electron chi connectivity index (χ2n) is 6.72. The summed E-state index contributed by atoms with van der Waals surface area (Å²) >= 11 is 0. The standard InChI is InChI=1S/C19H17N3O3/c23-12-9-22(10-12)8-11-3-1-5-15-14(7-11)18-17-13(19(24)21-20-18)4-2-6-16(17)25-15/h1-2,4-7,12,23H,3,8-10H2,(H,21,24). The second kappa shape index (κ2) is 5.40. The predicted molar refractivity (Wildman–Crippen MR) is 94.2 cm³/mol. The Hall–Kier alpha value is -2.70. The lowest BCUT2D eigenvalue weighted by atomic mass is 9.99. The number of aliphatic hydroxyl groups excluding tert-OH is 1. The number of aromatic nitrogens is 2. The van der Waals surface area contributed by atoms with E-state index in [9.17, 15) is 9.90 Å². The van der Waals surface area contributed by atoms with Crippen molar-refractivity contribution in [1.82, 2.24) is 15.1 Å². The highest BCUT2D eigenvalue weighted by Gasteiger charge is 2.27. The summed E-state index contributed by atoms with van der Waals surface area (Å²) in [6.45, 7) is 2.24. The average Bonchev–Trinajstić information content (AvgIpc) is 2.78. The molecular weight excluding hydrogens is 318 g/mol. The Balaban J connectivity index is 1.63. The normalized spacial score (nSPS) is 20.0. The third kappa shape index (κ3) is 2.33. The van der Waals surface area contributed by atoms with Gasteiger partial charge in [0.1, 0.15) is 17.2 Å². The van der Waals surface area contributed by atoms with Crippen molar-refractivity contribution >= 4 is 16.3 Å². The van der Waals surface area contributed by atoms with Crippen LogP contribution in [0.3, 0.4) is 0 Å². The zero-order valence-corrected chi connectivity index (χ0v) is 13.5. The van der Waals surface area contributed by atoms with Crippen LogP contribution in [0.5, 0.6) is 5.75 Å². The van der Waals surface area contributed by atoms with Gasteiger partial charge in [-0.05, 0) is 30.7 Å². The van der Waals surface area contributed by atoms with Crippen LogP contribution in [0.15, 0.2) is 52.6 Å². The quantitative estimate of drug-likeness (QED) is 0.871. The minimum Gasteiger partial charge on any atom is -0.456 e. The number of allylic oxidation sites excluding steroid dienone is 4. The van der Waals surface area contributed by atoms with Gasteiger partial charge in [-0.25, -0.2) is 5.10 Å². The first-order valence-electron chi connectivity index (χ1n) is 8.39. The smallest absolute Gasteiger partial charge is 0.272 e. The number of nitrogens with zero attached hydrogens (tertiary/aromatic N) is 2. The number of ether oxygens (including phenoxy) is 1. The van der Waals surface area contributed by atoms with Crippen LogP contribution >= 0.6 is 0 Å². The minimum atomic E-state index is -0.212. The van der Waals surface area contributed by atoms with E-state index in [4.69, 9.17) is 4.74 Å². The molecule has 6 nitrogen and oxygen atoms in total. The molecule has 1 fully saturated rings. The summed E-state index contributed by atoms with van der Waals surface area (Å²) in [6, 6.07) is 5.47. The van der Waals surface area contributed by atoms with E-state index in [0.29, 0.717) is 24.2 Å². The van der Waals surface area contributed by atoms with Gasteiger partial charge in [0.25, 0.3) is 5.56 Å². The topological polar surface area (TPSA) is 78.5 Å². The van der Waals surface area contributed by atoms with Crippen LogP contribution in [0, 0.1) is 0 Å². The van der Waals surface area contributed by atoms with Crippen LogP contribution in [0.2, 0.25) is 0 Å². The summed E-state index contributed by atoms with van der Waals surface area (Å²) < 4.78 is 6.06. The third-order valence-corrected chi connectivity index (χ3v) is 4.88. The number of rotatable bonds is 2. The van der Waals surface area contributed by atoms with Crippen molar-refractivity contribution < 1.29 is 9.84 Å². The molecule has 1 aliphatic carbocycles. The van der Waals surface area contributed by atoms with E-state index >= 15 is 0 Å². The molecule has 0 saturated carbocycles. The van der Waals surface area contributed by atoms with Gasteiger partial charge in [0.2, 0.25) is 0 Å². The molecule has 25 heavy (non-hydrogen) atoms. The van der Waals surface area contributed by atoms with Gasteiger partial charge in [-0.2, -0.15) is 5.10 Å². The van der Waals surface area contributed by atoms with E-state index < -0.39 is 0 Å². The molecule has 2 N–H and O–H groups in total. The summed E-state index contributed by atoms with van der Waals surface area (Å²) in [6.07, 6.45) is 6.78. The van der Waals surface area contributed by atoms with Gasteiger partial charge < -0.3 is 9.84 Å². The molecule has 3 aliphatic rings. The van der Waals surface area contributed by atoms with Crippen molar-refractivity contribution in [3.8, 4) is 5.75 Å². The average molecular weight is 335 g/mol. The van der Waals surface area contributed by atoms with Crippen molar-refractivity contribution in [1.29, 1.82) is 0 Å². The largest absolute Gasteiger partial charge is 0.456 e. The molecule has 1 saturated heterocycles. The molecule has 0 unspecified atom stereocenters. The maximum absolute atomic E-state index is 12.1. The first-order chi connectivity index (χ1) is 12.2. The third-order valence-electron chi connectivity index (χ3n) is 4.88. The van der Waals surface area contributed by atoms with Crippen molar-refractivity contribution in [2.45, 2.75) is 12.5 Å². The SMILES string of the molecule is O=c1[nH]nc2c3c(cccc13)OC1=C2C=C(CN2CC(O)C2)CC=C1. The van der Waals surface area contributed by atoms with Crippen LogP contribution in [0.1, 0.15) is 12.1 Å². The Labute approximate surface area is 143 Å². The number of likely N-dealkylation sites (tertiary alicyclic amines) is 1. The molecule has 0 bridgehead atoms. The number of aliphatic hydroxyl groups is 1. The molecule has 2 aliphatic heterocycles. The molecule has 1 aromatic carbocycles. The first-order valence-corrected chi connectivity index (χ1v) is 8.39. The van der Waals surface area contributed by atoms with Gasteiger partial charge >= 0.3 is 0 Å². The van der Waals surface area contributed by atoms with Gasteiger partial charge in [-0.15, -0.1) is 0 Å². The lowest BCUT2D eigenvalue weighted by Gasteiger charge is -2.36. The first kappa shape index (κ1) is 14.6. The summed E-state index contributed by atoms with van der Waals surface area (Å²) in [4.78, 5) is 14.3. The predicted octanol–water partition coefficient (Wildman–Crippen LogP) is 1.59. The molecule has 1 aromatic heterocycles. The van der Waals surface area contributed by atoms with Crippen LogP contribution in [0.4, 0.5) is 0 Å². The Morgan fingerprint density at radius 1 is 1.36 bits per heavy atom. The van der Waals surface area contributed by atoms with Gasteiger partial charge in [0.05, 0.1) is 16.9 Å². The van der Waals surface area contributed by atoms with Crippen LogP contribution in [-0.2, 0) is 0 Å². The highest BCUT2D eigenvalue weighted by Crippen LogP contribution is 2.39. The maximum Gasteiger partial charge on any atom is 0.272 e. The molecule has 0 atom stereocenters. The Kier molecular flexibility index (Phi) is 3.16. The molecule has 0 spiro atoms. The van der Waals surface area contributed by atoms with Crippen LogP contribution in [-0.4, -0.2) is 45.9 Å². The number of hydrogen-bond donors (Lipinski definition) is 2. The van der Waals surface area contributed by atoms with E-state index in [2.05, 4.69) is 27.2 Å². The van der Waals surface area contributed by atoms with E-state index in [1.54, 1.807) is 6.07 Å². The summed E-state index contributed by atoms with van der Waals surface area (Å²) in [5, 5.41) is 17.7. The Bertz CT molecular complexity index is 1030. The summed E-state index contributed by atoms with van der Waals surface area (Å²) in [5.74, 6) is 1.41. The monoisotopic (exact) mass is 335 g/mol. The molecular formula is C19H17N3O3. The van der Waals surface area contributed by atoms with Crippen molar-refractivity contribution in [3.63, 3.8) is 0 Å². The number of fused-ring (bicyclic) bond motifs is 1. The van der Waals surface area contributed by atoms with Gasteiger partial charge in [-0.1, -0.05) is 17.7 Å². The number of β-amino-alcohol motifs (C(OH)–C–C–N with tert-alkyl or cyclic N) is 1.